The molecule has 178 valence electrons. The number of carbonyl (C=O) groups is 3. The van der Waals surface area contributed by atoms with E-state index in [1.54, 1.807) is 5.48 Å². The van der Waals surface area contributed by atoms with Crippen LogP contribution in [0.5, 0.6) is 0 Å². The third-order valence-electron chi connectivity index (χ3n) is 5.29. The highest BCUT2D eigenvalue weighted by Crippen LogP contribution is 2.19. The third kappa shape index (κ3) is 7.90. The molecular formula is C26H29N3O4S. The number of hydrogen-bond acceptors (Lipinski definition) is 5. The fourth-order valence-corrected chi connectivity index (χ4v) is 4.53. The predicted octanol–water partition coefficient (Wildman–Crippen LogP) is 3.20. The molecule has 0 bridgehead atoms. The van der Waals surface area contributed by atoms with Crippen molar-refractivity contribution < 1.29 is 19.6 Å². The zero-order valence-electron chi connectivity index (χ0n) is 18.8. The van der Waals surface area contributed by atoms with Crippen molar-refractivity contribution in [3.63, 3.8) is 0 Å². The molecule has 0 aliphatic carbocycles. The summed E-state index contributed by atoms with van der Waals surface area (Å²) < 4.78 is 0. The van der Waals surface area contributed by atoms with E-state index in [1.807, 2.05) is 72.8 Å². The van der Waals surface area contributed by atoms with Crippen LogP contribution in [0.25, 0.3) is 10.8 Å². The van der Waals surface area contributed by atoms with Crippen LogP contribution < -0.4 is 16.1 Å². The highest BCUT2D eigenvalue weighted by atomic mass is 32.2. The zero-order chi connectivity index (χ0) is 24.2. The average molecular weight is 480 g/mol. The Morgan fingerprint density at radius 2 is 1.62 bits per heavy atom. The first kappa shape index (κ1) is 25.3. The van der Waals surface area contributed by atoms with Crippen molar-refractivity contribution in [1.29, 1.82) is 0 Å². The van der Waals surface area contributed by atoms with Crippen molar-refractivity contribution >= 4 is 40.3 Å². The SMILES string of the molecule is O=C(CCCSC[C@H](NC(=O)Cc1cccc2ccccc12)C(=O)NCc1ccccc1)NO. The molecule has 1 atom stereocenters. The number of hydroxylamine groups is 1. The number of carbonyl (C=O) groups excluding carboxylic acids is 3. The number of rotatable bonds is 12. The van der Waals surface area contributed by atoms with E-state index in [4.69, 9.17) is 5.21 Å². The Morgan fingerprint density at radius 3 is 2.41 bits per heavy atom. The van der Waals surface area contributed by atoms with Crippen LogP contribution in [-0.2, 0) is 27.3 Å². The number of benzene rings is 3. The normalized spacial score (nSPS) is 11.6. The minimum Gasteiger partial charge on any atom is -0.350 e. The summed E-state index contributed by atoms with van der Waals surface area (Å²) in [4.78, 5) is 36.9. The summed E-state index contributed by atoms with van der Waals surface area (Å²) in [5, 5.41) is 16.5. The minimum atomic E-state index is -0.706. The predicted molar refractivity (Wildman–Crippen MR) is 134 cm³/mol. The molecule has 3 amide bonds. The summed E-state index contributed by atoms with van der Waals surface area (Å²) in [6, 6.07) is 22.6. The van der Waals surface area contributed by atoms with Gasteiger partial charge in [0.1, 0.15) is 6.04 Å². The van der Waals surface area contributed by atoms with Crippen LogP contribution in [0.4, 0.5) is 0 Å². The van der Waals surface area contributed by atoms with Gasteiger partial charge < -0.3 is 10.6 Å². The highest BCUT2D eigenvalue weighted by Gasteiger charge is 2.21. The fourth-order valence-electron chi connectivity index (χ4n) is 3.55. The Labute approximate surface area is 203 Å². The van der Waals surface area contributed by atoms with Crippen LogP contribution in [0.2, 0.25) is 0 Å². The summed E-state index contributed by atoms with van der Waals surface area (Å²) in [7, 11) is 0. The maximum absolute atomic E-state index is 12.9. The van der Waals surface area contributed by atoms with Crippen molar-refractivity contribution in [3.05, 3.63) is 83.9 Å². The summed E-state index contributed by atoms with van der Waals surface area (Å²) in [6.07, 6.45) is 0.923. The van der Waals surface area contributed by atoms with Gasteiger partial charge in [0, 0.05) is 18.7 Å². The van der Waals surface area contributed by atoms with Gasteiger partial charge in [0.25, 0.3) is 0 Å². The quantitative estimate of drug-likeness (QED) is 0.181. The van der Waals surface area contributed by atoms with Crippen LogP contribution in [0.15, 0.2) is 72.8 Å². The molecule has 34 heavy (non-hydrogen) atoms. The summed E-state index contributed by atoms with van der Waals surface area (Å²) in [6.45, 7) is 0.372. The van der Waals surface area contributed by atoms with Crippen LogP contribution in [0, 0.1) is 0 Å². The Bertz CT molecular complexity index is 1100. The number of fused-ring (bicyclic) bond motifs is 1. The average Bonchev–Trinajstić information content (AvgIpc) is 2.87. The topological polar surface area (TPSA) is 108 Å². The number of thioether (sulfide) groups is 1. The van der Waals surface area contributed by atoms with E-state index in [0.29, 0.717) is 24.5 Å². The standard InChI is InChI=1S/C26H29N3O4S/c30-24(29-33)14-7-15-34-18-23(26(32)27-17-19-8-2-1-3-9-19)28-25(31)16-21-12-6-11-20-10-4-5-13-22(20)21/h1-6,8-13,23,33H,7,14-18H2,(H,27,32)(H,28,31)(H,29,30)/t23-/m0/s1. The van der Waals surface area contributed by atoms with Crippen LogP contribution in [0.1, 0.15) is 24.0 Å². The Balaban J connectivity index is 1.60. The van der Waals surface area contributed by atoms with Gasteiger partial charge in [-0.3, -0.25) is 19.6 Å². The molecule has 8 heteroatoms. The van der Waals surface area contributed by atoms with Crippen LogP contribution in [-0.4, -0.2) is 40.5 Å². The van der Waals surface area contributed by atoms with Gasteiger partial charge >= 0.3 is 0 Å². The largest absolute Gasteiger partial charge is 0.350 e. The molecule has 3 aromatic carbocycles. The first-order chi connectivity index (χ1) is 16.6. The lowest BCUT2D eigenvalue weighted by Crippen LogP contribution is -2.48. The van der Waals surface area contributed by atoms with E-state index in [-0.39, 0.29) is 24.7 Å². The van der Waals surface area contributed by atoms with E-state index < -0.39 is 11.9 Å². The molecule has 4 N–H and O–H groups in total. The minimum absolute atomic E-state index is 0.172. The molecule has 0 aliphatic rings. The first-order valence-electron chi connectivity index (χ1n) is 11.1. The van der Waals surface area contributed by atoms with E-state index in [2.05, 4.69) is 10.6 Å². The van der Waals surface area contributed by atoms with Gasteiger partial charge in [-0.25, -0.2) is 5.48 Å². The number of amides is 3. The zero-order valence-corrected chi connectivity index (χ0v) is 19.6. The lowest BCUT2D eigenvalue weighted by molar-refractivity contribution is -0.129. The molecule has 0 radical (unpaired) electrons. The van der Waals surface area contributed by atoms with Gasteiger partial charge in [0.2, 0.25) is 17.7 Å². The Morgan fingerprint density at radius 1 is 0.882 bits per heavy atom. The summed E-state index contributed by atoms with van der Waals surface area (Å²) >= 11 is 1.48. The smallest absolute Gasteiger partial charge is 0.243 e. The summed E-state index contributed by atoms with van der Waals surface area (Å²) in [5.41, 5.74) is 3.48. The molecular weight excluding hydrogens is 450 g/mol. The van der Waals surface area contributed by atoms with Crippen molar-refractivity contribution in [3.8, 4) is 0 Å². The number of nitrogens with one attached hydrogen (secondary N) is 3. The van der Waals surface area contributed by atoms with Gasteiger partial charge in [0.15, 0.2) is 0 Å². The lowest BCUT2D eigenvalue weighted by atomic mass is 10.0. The molecule has 0 saturated carbocycles. The van der Waals surface area contributed by atoms with Crippen molar-refractivity contribution in [2.24, 2.45) is 0 Å². The number of hydrogen-bond donors (Lipinski definition) is 4. The Hall–Kier alpha value is -3.36. The van der Waals surface area contributed by atoms with Gasteiger partial charge in [0.05, 0.1) is 6.42 Å². The molecule has 7 nitrogen and oxygen atoms in total. The molecule has 3 rings (SSSR count). The van der Waals surface area contributed by atoms with Crippen LogP contribution in [0.3, 0.4) is 0 Å². The summed E-state index contributed by atoms with van der Waals surface area (Å²) in [5.74, 6) is 0.0749. The molecule has 0 unspecified atom stereocenters. The van der Waals surface area contributed by atoms with Gasteiger partial charge in [-0.2, -0.15) is 11.8 Å². The second-order valence-electron chi connectivity index (χ2n) is 7.85. The molecule has 0 saturated heterocycles. The lowest BCUT2D eigenvalue weighted by Gasteiger charge is -2.19. The molecule has 0 aromatic heterocycles. The highest BCUT2D eigenvalue weighted by molar-refractivity contribution is 7.99. The van der Waals surface area contributed by atoms with E-state index in [0.717, 1.165) is 21.9 Å². The second-order valence-corrected chi connectivity index (χ2v) is 9.00. The molecule has 3 aromatic rings. The molecule has 0 aliphatic heterocycles. The van der Waals surface area contributed by atoms with Crippen molar-refractivity contribution in [2.75, 3.05) is 11.5 Å². The van der Waals surface area contributed by atoms with Gasteiger partial charge in [-0.1, -0.05) is 72.8 Å². The first-order valence-corrected chi connectivity index (χ1v) is 12.3. The second kappa shape index (κ2) is 13.4. The van der Waals surface area contributed by atoms with Gasteiger partial charge in [-0.15, -0.1) is 0 Å². The van der Waals surface area contributed by atoms with E-state index in [1.165, 1.54) is 11.8 Å². The van der Waals surface area contributed by atoms with Crippen LogP contribution >= 0.6 is 11.8 Å². The maximum Gasteiger partial charge on any atom is 0.243 e. The molecule has 0 fully saturated rings. The van der Waals surface area contributed by atoms with Crippen molar-refractivity contribution in [1.82, 2.24) is 16.1 Å². The Kier molecular flexibility index (Phi) is 9.94. The fraction of sp³-hybridized carbons (Fsp3) is 0.269. The van der Waals surface area contributed by atoms with Gasteiger partial charge in [-0.05, 0) is 34.1 Å². The van der Waals surface area contributed by atoms with Crippen molar-refractivity contribution in [2.45, 2.75) is 31.8 Å². The van der Waals surface area contributed by atoms with E-state index >= 15 is 0 Å². The monoisotopic (exact) mass is 479 g/mol. The van der Waals surface area contributed by atoms with E-state index in [9.17, 15) is 14.4 Å². The molecule has 0 spiro atoms. The third-order valence-corrected chi connectivity index (χ3v) is 6.44. The molecule has 0 heterocycles. The maximum atomic E-state index is 12.9.